The van der Waals surface area contributed by atoms with Crippen LogP contribution in [0.15, 0.2) is 41.8 Å². The second-order valence-electron chi connectivity index (χ2n) is 10.4. The van der Waals surface area contributed by atoms with Crippen molar-refractivity contribution in [2.75, 3.05) is 26.7 Å². The minimum atomic E-state index is -1.11. The van der Waals surface area contributed by atoms with E-state index in [0.717, 1.165) is 19.4 Å². The van der Waals surface area contributed by atoms with Crippen LogP contribution in [0.4, 0.5) is 0 Å². The number of carboxylic acids is 1. The quantitative estimate of drug-likeness (QED) is 0.0893. The van der Waals surface area contributed by atoms with Crippen molar-refractivity contribution in [3.8, 4) is 0 Å². The van der Waals surface area contributed by atoms with Crippen LogP contribution in [0.1, 0.15) is 111 Å². The van der Waals surface area contributed by atoms with Crippen molar-refractivity contribution in [2.24, 2.45) is 10.9 Å². The summed E-state index contributed by atoms with van der Waals surface area (Å²) in [6.07, 6.45) is 11.9. The van der Waals surface area contributed by atoms with Crippen LogP contribution >= 0.6 is 0 Å². The molecule has 0 aliphatic carbocycles. The number of H-pyrrole nitrogens is 2. The van der Waals surface area contributed by atoms with E-state index in [1.165, 1.54) is 31.7 Å². The summed E-state index contributed by atoms with van der Waals surface area (Å²) in [5.74, 6) is -3.93. The summed E-state index contributed by atoms with van der Waals surface area (Å²) in [4.78, 5) is 56.1. The molecular formula is C33H61N9O4. The molecule has 46 heavy (non-hydrogen) atoms. The fourth-order valence-corrected chi connectivity index (χ4v) is 4.28. The highest BCUT2D eigenvalue weighted by atomic mass is 16.4. The Balaban J connectivity index is 0. The molecule has 0 radical (unpaired) electrons. The molecule has 2 rings (SSSR count). The normalized spacial score (nSPS) is 12.8. The van der Waals surface area contributed by atoms with E-state index in [9.17, 15) is 19.5 Å². The van der Waals surface area contributed by atoms with Crippen LogP contribution in [0.25, 0.3) is 0 Å². The zero-order valence-electron chi connectivity index (χ0n) is 29.8. The van der Waals surface area contributed by atoms with Gasteiger partial charge in [-0.05, 0) is 60.5 Å². The molecule has 0 fully saturated rings. The number of carboxylic acid groups (broad SMARTS) is 1. The molecule has 3 unspecified atom stereocenters. The Morgan fingerprint density at radius 2 is 1.52 bits per heavy atom. The van der Waals surface area contributed by atoms with Crippen molar-refractivity contribution >= 4 is 24.5 Å². The lowest BCUT2D eigenvalue weighted by Gasteiger charge is -2.36. The minimum absolute atomic E-state index is 0.180. The van der Waals surface area contributed by atoms with Gasteiger partial charge in [-0.2, -0.15) is 0 Å². The third kappa shape index (κ3) is 15.9. The van der Waals surface area contributed by atoms with Crippen molar-refractivity contribution in [3.05, 3.63) is 48.2 Å². The number of hydrogen-bond donors (Lipinski definition) is 7. The van der Waals surface area contributed by atoms with E-state index in [-0.39, 0.29) is 12.5 Å². The zero-order valence-corrected chi connectivity index (χ0v) is 29.8. The summed E-state index contributed by atoms with van der Waals surface area (Å²) in [6, 6.07) is -0.704. The zero-order chi connectivity index (χ0) is 35.5. The molecule has 13 heteroatoms. The average molecular weight is 648 g/mol. The van der Waals surface area contributed by atoms with Gasteiger partial charge in [0.05, 0.1) is 41.5 Å². The molecule has 0 saturated heterocycles. The molecular weight excluding hydrogens is 586 g/mol. The van der Waals surface area contributed by atoms with Crippen molar-refractivity contribution < 1.29 is 19.5 Å². The van der Waals surface area contributed by atoms with Gasteiger partial charge >= 0.3 is 5.97 Å². The van der Waals surface area contributed by atoms with Gasteiger partial charge in [-0.25, -0.2) is 9.97 Å². The number of carbonyl (C=O) groups excluding carboxylic acids is 2. The van der Waals surface area contributed by atoms with E-state index in [0.29, 0.717) is 23.6 Å². The molecule has 13 nitrogen and oxygen atoms in total. The number of hydrogen-bond acceptors (Lipinski definition) is 8. The number of nitrogens with zero attached hydrogens (tertiary/aromatic N) is 3. The number of allylic oxidation sites excluding steroid dienone is 1. The third-order valence-corrected chi connectivity index (χ3v) is 6.63. The van der Waals surface area contributed by atoms with E-state index >= 15 is 0 Å². The molecule has 2 aromatic rings. The van der Waals surface area contributed by atoms with E-state index in [2.05, 4.69) is 66.8 Å². The predicted octanol–water partition coefficient (Wildman–Crippen LogP) is 4.72. The summed E-state index contributed by atoms with van der Waals surface area (Å²) in [7, 11) is 1.98. The van der Waals surface area contributed by atoms with Gasteiger partial charge in [0.1, 0.15) is 17.9 Å². The molecule has 2 amide bonds. The van der Waals surface area contributed by atoms with Gasteiger partial charge in [-0.3, -0.25) is 19.4 Å². The molecule has 7 N–H and O–H groups in total. The molecule has 2 heterocycles. The van der Waals surface area contributed by atoms with Gasteiger partial charge in [0, 0.05) is 12.7 Å². The van der Waals surface area contributed by atoms with Crippen LogP contribution in [-0.2, 0) is 14.4 Å². The van der Waals surface area contributed by atoms with E-state index in [4.69, 9.17) is 0 Å². The standard InChI is InChI=1S/C24H36N8O4.C5H13N.2C2H6/c1-6-8-9-28-20(18-12-27-14-31-18)22(34)32-24(3,4)19(16(7-2)25-5)21(33)29-10-15(23(35)36)17-11-26-13-30-17;1-3-4-5-6-2;2*1-2/h7,11-15,19-20,28H,5-6,8-10H2,1-4H3,(H,26,30)(H,27,31)(H,29,33)(H,32,34)(H,35,36);6H,3-5H2,1-2H3;2*1-2H3/b16-7-;;;. The summed E-state index contributed by atoms with van der Waals surface area (Å²) < 4.78 is 0. The van der Waals surface area contributed by atoms with Crippen LogP contribution in [0.5, 0.6) is 0 Å². The first kappa shape index (κ1) is 44.3. The molecule has 0 spiro atoms. The molecule has 2 aromatic heterocycles. The number of aromatic nitrogens is 4. The van der Waals surface area contributed by atoms with E-state index < -0.39 is 35.3 Å². The number of aliphatic carboxylic acids is 1. The molecule has 0 aliphatic heterocycles. The number of unbranched alkanes of at least 4 members (excludes halogenated alkanes) is 2. The first-order valence-corrected chi connectivity index (χ1v) is 16.4. The first-order valence-electron chi connectivity index (χ1n) is 16.4. The number of imidazole rings is 2. The predicted molar refractivity (Wildman–Crippen MR) is 187 cm³/mol. The lowest BCUT2D eigenvalue weighted by atomic mass is 9.83. The smallest absolute Gasteiger partial charge is 0.314 e. The summed E-state index contributed by atoms with van der Waals surface area (Å²) in [5.41, 5.74) is 0.197. The maximum absolute atomic E-state index is 13.4. The number of rotatable bonds is 18. The number of aliphatic imine (C=N–C) groups is 1. The lowest BCUT2D eigenvalue weighted by Crippen LogP contribution is -2.57. The maximum Gasteiger partial charge on any atom is 0.314 e. The van der Waals surface area contributed by atoms with Gasteiger partial charge in [0.2, 0.25) is 11.8 Å². The number of amides is 2. The van der Waals surface area contributed by atoms with Crippen molar-refractivity contribution in [2.45, 2.75) is 105 Å². The minimum Gasteiger partial charge on any atom is -0.481 e. The van der Waals surface area contributed by atoms with Crippen LogP contribution < -0.4 is 21.3 Å². The maximum atomic E-state index is 13.4. The topological polar surface area (TPSA) is 189 Å². The fraction of sp³-hybridized carbons (Fsp3) is 0.636. The van der Waals surface area contributed by atoms with Gasteiger partial charge in [0.25, 0.3) is 0 Å². The Bertz CT molecular complexity index is 1100. The summed E-state index contributed by atoms with van der Waals surface area (Å²) in [6.45, 7) is 22.6. The van der Waals surface area contributed by atoms with Crippen molar-refractivity contribution in [3.63, 3.8) is 0 Å². The molecule has 0 aliphatic rings. The molecule has 3 atom stereocenters. The summed E-state index contributed by atoms with van der Waals surface area (Å²) >= 11 is 0. The Kier molecular flexibility index (Phi) is 25.4. The Hall–Kier alpha value is -3.84. The fourth-order valence-electron chi connectivity index (χ4n) is 4.28. The highest BCUT2D eigenvalue weighted by molar-refractivity contribution is 5.87. The van der Waals surface area contributed by atoms with Crippen molar-refractivity contribution in [1.29, 1.82) is 0 Å². The monoisotopic (exact) mass is 647 g/mol. The van der Waals surface area contributed by atoms with Crippen LogP contribution in [0, 0.1) is 5.92 Å². The Morgan fingerprint density at radius 1 is 0.978 bits per heavy atom. The molecule has 0 saturated carbocycles. The highest BCUT2D eigenvalue weighted by Gasteiger charge is 2.41. The first-order chi connectivity index (χ1) is 22.1. The van der Waals surface area contributed by atoms with Gasteiger partial charge < -0.3 is 36.3 Å². The molecule has 0 aromatic carbocycles. The van der Waals surface area contributed by atoms with Crippen LogP contribution in [0.2, 0.25) is 0 Å². The number of carbonyl (C=O) groups is 3. The third-order valence-electron chi connectivity index (χ3n) is 6.63. The van der Waals surface area contributed by atoms with E-state index in [1.54, 1.807) is 33.0 Å². The second kappa shape index (κ2) is 26.4. The largest absolute Gasteiger partial charge is 0.481 e. The number of aromatic amines is 2. The Morgan fingerprint density at radius 3 is 1.93 bits per heavy atom. The van der Waals surface area contributed by atoms with Crippen LogP contribution in [0.3, 0.4) is 0 Å². The van der Waals surface area contributed by atoms with Gasteiger partial charge in [-0.15, -0.1) is 0 Å². The lowest BCUT2D eigenvalue weighted by molar-refractivity contribution is -0.138. The average Bonchev–Trinajstić information content (AvgIpc) is 3.78. The molecule has 0 bridgehead atoms. The van der Waals surface area contributed by atoms with E-state index in [1.807, 2.05) is 34.7 Å². The molecule has 262 valence electrons. The number of nitrogens with one attached hydrogen (secondary N) is 6. The van der Waals surface area contributed by atoms with Crippen LogP contribution in [-0.4, -0.2) is 81.8 Å². The SMILES string of the molecule is C=N/C(=C\C)C(C(=O)NCC(C(=O)O)c1cnc[nH]1)C(C)(C)NC(=O)C(NCCCC)c1cnc[nH]1.CC.CC.CCCCNC. The van der Waals surface area contributed by atoms with Gasteiger partial charge in [-0.1, -0.05) is 60.5 Å². The van der Waals surface area contributed by atoms with Gasteiger partial charge in [0.15, 0.2) is 0 Å². The second-order valence-corrected chi connectivity index (χ2v) is 10.4. The highest BCUT2D eigenvalue weighted by Crippen LogP contribution is 2.27. The van der Waals surface area contributed by atoms with Crippen molar-refractivity contribution in [1.82, 2.24) is 41.2 Å². The summed E-state index contributed by atoms with van der Waals surface area (Å²) in [5, 5.41) is 21.6. The Labute approximate surface area is 276 Å².